The van der Waals surface area contributed by atoms with E-state index in [4.69, 9.17) is 24.9 Å². The van der Waals surface area contributed by atoms with Gasteiger partial charge < -0.3 is 18.9 Å². The van der Waals surface area contributed by atoms with Crippen molar-refractivity contribution in [2.45, 2.75) is 0 Å². The number of para-hydroxylation sites is 6. The van der Waals surface area contributed by atoms with Crippen molar-refractivity contribution in [2.75, 3.05) is 9.80 Å². The van der Waals surface area contributed by atoms with E-state index >= 15 is 0 Å². The Labute approximate surface area is 583 Å². The van der Waals surface area contributed by atoms with Gasteiger partial charge in [-0.3, -0.25) is 0 Å². The molecule has 0 atom stereocenters. The van der Waals surface area contributed by atoms with Gasteiger partial charge in [-0.1, -0.05) is 237 Å². The van der Waals surface area contributed by atoms with E-state index in [0.717, 1.165) is 117 Å². The number of fused-ring (bicyclic) bond motifs is 10. The molecule has 470 valence electrons. The average Bonchev–Trinajstić information content (AvgIpc) is 1.69. The molecule has 0 radical (unpaired) electrons. The van der Waals surface area contributed by atoms with Crippen molar-refractivity contribution < 1.29 is 0 Å². The molecule has 0 saturated heterocycles. The molecule has 4 aromatic heterocycles. The molecule has 18 aromatic rings. The zero-order valence-electron chi connectivity index (χ0n) is 54.6. The Hall–Kier alpha value is -13.6. The number of nitrogens with zero attached hydrogens (tertiary/aromatic N) is 9. The van der Waals surface area contributed by atoms with Crippen molar-refractivity contribution in [1.29, 1.82) is 0 Å². The van der Waals surface area contributed by atoms with Crippen molar-refractivity contribution in [3.05, 3.63) is 352 Å². The van der Waals surface area contributed by atoms with E-state index in [-0.39, 0.29) is 6.71 Å². The maximum Gasteiger partial charge on any atom is 0.252 e. The van der Waals surface area contributed by atoms with Gasteiger partial charge >= 0.3 is 0 Å². The first kappa shape index (κ1) is 57.7. The minimum absolute atomic E-state index is 0.0553. The van der Waals surface area contributed by atoms with Gasteiger partial charge in [0.05, 0.1) is 39.1 Å². The molecule has 101 heavy (non-hydrogen) atoms. The van der Waals surface area contributed by atoms with Crippen LogP contribution in [0.4, 0.5) is 34.1 Å². The Balaban J connectivity index is 0.762. The number of benzene rings is 14. The Morgan fingerprint density at radius 2 is 0.644 bits per heavy atom. The fraction of sp³-hybridized carbons (Fsp3) is 0. The molecular formula is C91H58BN9. The molecule has 9 nitrogen and oxygen atoms in total. The molecule has 0 fully saturated rings. The van der Waals surface area contributed by atoms with E-state index in [9.17, 15) is 0 Å². The lowest BCUT2D eigenvalue weighted by atomic mass is 9.33. The summed E-state index contributed by atoms with van der Waals surface area (Å²) in [4.78, 5) is 32.3. The number of rotatable bonds is 11. The van der Waals surface area contributed by atoms with E-state index in [1.54, 1.807) is 0 Å². The van der Waals surface area contributed by atoms with Crippen LogP contribution in [0.1, 0.15) is 0 Å². The summed E-state index contributed by atoms with van der Waals surface area (Å²) in [5, 5.41) is 4.63. The molecule has 2 aliphatic rings. The summed E-state index contributed by atoms with van der Waals surface area (Å²) in [6, 6.07) is 125. The highest BCUT2D eigenvalue weighted by atomic mass is 15.2. The van der Waals surface area contributed by atoms with E-state index in [0.29, 0.717) is 23.3 Å². The van der Waals surface area contributed by atoms with Gasteiger partial charge in [-0.2, -0.15) is 0 Å². The Kier molecular flexibility index (Phi) is 13.5. The highest BCUT2D eigenvalue weighted by Gasteiger charge is 2.43. The third-order valence-corrected chi connectivity index (χ3v) is 20.2. The quantitative estimate of drug-likeness (QED) is 0.119. The van der Waals surface area contributed by atoms with Gasteiger partial charge in [0.25, 0.3) is 6.71 Å². The van der Waals surface area contributed by atoms with Crippen LogP contribution in [-0.4, -0.2) is 40.8 Å². The summed E-state index contributed by atoms with van der Waals surface area (Å²) in [6.45, 7) is 0.0553. The van der Waals surface area contributed by atoms with Gasteiger partial charge in [0.15, 0.2) is 23.3 Å². The Morgan fingerprint density at radius 3 is 1.26 bits per heavy atom. The lowest BCUT2D eigenvalue weighted by Gasteiger charge is -2.44. The Bertz CT molecular complexity index is 6220. The molecule has 10 heteroatoms. The van der Waals surface area contributed by atoms with Crippen LogP contribution in [0.2, 0.25) is 0 Å². The summed E-state index contributed by atoms with van der Waals surface area (Å²) >= 11 is 0. The fourth-order valence-electron chi connectivity index (χ4n) is 15.6. The maximum atomic E-state index is 5.65. The van der Waals surface area contributed by atoms with Crippen LogP contribution < -0.4 is 26.2 Å². The largest absolute Gasteiger partial charge is 0.311 e. The smallest absolute Gasteiger partial charge is 0.252 e. The van der Waals surface area contributed by atoms with Crippen LogP contribution in [0.25, 0.3) is 134 Å². The molecule has 2 aliphatic heterocycles. The second-order valence-electron chi connectivity index (χ2n) is 25.9. The van der Waals surface area contributed by atoms with Gasteiger partial charge in [0.2, 0.25) is 0 Å². The van der Waals surface area contributed by atoms with E-state index < -0.39 is 0 Å². The molecular weight excluding hydrogens is 1230 g/mol. The molecule has 14 aromatic carbocycles. The molecule has 0 unspecified atom stereocenters. The van der Waals surface area contributed by atoms with Crippen LogP contribution in [0.3, 0.4) is 0 Å². The summed E-state index contributed by atoms with van der Waals surface area (Å²) < 4.78 is 4.79. The second-order valence-corrected chi connectivity index (χ2v) is 25.9. The zero-order chi connectivity index (χ0) is 66.5. The van der Waals surface area contributed by atoms with Crippen LogP contribution in [0.15, 0.2) is 352 Å². The number of anilines is 6. The van der Waals surface area contributed by atoms with Crippen molar-refractivity contribution in [3.8, 4) is 90.6 Å². The van der Waals surface area contributed by atoms with Crippen LogP contribution >= 0.6 is 0 Å². The van der Waals surface area contributed by atoms with Crippen molar-refractivity contribution in [3.63, 3.8) is 0 Å². The number of hydrogen-bond donors (Lipinski definition) is 0. The van der Waals surface area contributed by atoms with Gasteiger partial charge in [0.1, 0.15) is 0 Å². The minimum atomic E-state index is 0.0553. The zero-order valence-corrected chi connectivity index (χ0v) is 54.6. The molecule has 0 spiro atoms. The number of hydrogen-bond acceptors (Lipinski definition) is 7. The van der Waals surface area contributed by atoms with Crippen molar-refractivity contribution >= 4 is 101 Å². The molecule has 20 rings (SSSR count). The highest BCUT2D eigenvalue weighted by molar-refractivity contribution is 7.00. The van der Waals surface area contributed by atoms with Gasteiger partial charge in [0, 0.05) is 94.7 Å². The predicted molar refractivity (Wildman–Crippen MR) is 416 cm³/mol. The lowest BCUT2D eigenvalue weighted by molar-refractivity contribution is 1.06. The molecule has 0 saturated carbocycles. The normalized spacial score (nSPS) is 12.3. The van der Waals surface area contributed by atoms with Gasteiger partial charge in [-0.15, -0.1) is 0 Å². The molecule has 6 heterocycles. The third-order valence-electron chi connectivity index (χ3n) is 20.2. The highest BCUT2D eigenvalue weighted by Crippen LogP contribution is 2.46. The fourth-order valence-corrected chi connectivity index (χ4v) is 15.6. The molecule has 0 aliphatic carbocycles. The first-order chi connectivity index (χ1) is 50.1. The SMILES string of the molecule is c1ccc(-c2cc(-c3ccccc3)nc(-c3ccc(-n4c5ccccc5c5cc6c7ccccc7n(-c7ccccc7)c6cc54)c(-c4nc(-c5ccccc5)nc(-c5cccc(-c6ccc(N7c8ccccc8B8c9ccccc9N(c9ccccc9)c9cccc7c98)cc6)c5)n4)c3)n2)cc1. The summed E-state index contributed by atoms with van der Waals surface area (Å²) in [5.74, 6) is 2.15. The average molecular weight is 1290 g/mol. The topological polar surface area (TPSA) is 80.8 Å². The van der Waals surface area contributed by atoms with Crippen molar-refractivity contribution in [2.24, 2.45) is 0 Å². The van der Waals surface area contributed by atoms with E-state index in [2.05, 4.69) is 340 Å². The monoisotopic (exact) mass is 1290 g/mol. The maximum absolute atomic E-state index is 5.65. The minimum Gasteiger partial charge on any atom is -0.311 e. The first-order valence-corrected chi connectivity index (χ1v) is 34.3. The summed E-state index contributed by atoms with van der Waals surface area (Å²) in [7, 11) is 0. The molecule has 0 amide bonds. The van der Waals surface area contributed by atoms with Gasteiger partial charge in [-0.05, 0) is 143 Å². The number of aromatic nitrogens is 7. The van der Waals surface area contributed by atoms with Crippen molar-refractivity contribution in [1.82, 2.24) is 34.1 Å². The van der Waals surface area contributed by atoms with Gasteiger partial charge in [-0.25, -0.2) is 24.9 Å². The third kappa shape index (κ3) is 9.59. The first-order valence-electron chi connectivity index (χ1n) is 34.3. The van der Waals surface area contributed by atoms with E-state index in [1.165, 1.54) is 44.2 Å². The Morgan fingerprint density at radius 1 is 0.218 bits per heavy atom. The van der Waals surface area contributed by atoms with E-state index in [1.807, 2.05) is 30.3 Å². The summed E-state index contributed by atoms with van der Waals surface area (Å²) in [5.41, 5.74) is 26.1. The van der Waals surface area contributed by atoms with Crippen LogP contribution in [0, 0.1) is 0 Å². The second kappa shape index (κ2) is 23.6. The molecule has 0 bridgehead atoms. The molecule has 0 N–H and O–H groups in total. The lowest BCUT2D eigenvalue weighted by Crippen LogP contribution is -2.61. The van der Waals surface area contributed by atoms with Crippen LogP contribution in [0.5, 0.6) is 0 Å². The predicted octanol–water partition coefficient (Wildman–Crippen LogP) is 20.6. The standard InChI is InChI=1S/C91H58BN9/c1-6-26-60(27-7-1)76-57-77(61-28-8-2-9-29-61)94-89(93-76)65-50-53-80(101-79-43-21-17-39-70(79)72-56-71-69-38-16-20-42-78(69)98(85(71)58-86(72)101)66-34-12-4-13-35-66)73(55-65)91-96-88(62-30-10-3-11-31-62)95-90(97-91)64-33-24-32-63(54-64)59-48-51-68(52-49-59)100-82-45-23-19-41-75(82)92-74-40-18-22-44-81(74)99(67-36-14-5-15-37-67)83-46-25-47-84(100)87(83)92/h1-58H. The van der Waals surface area contributed by atoms with Crippen LogP contribution in [-0.2, 0) is 0 Å². The summed E-state index contributed by atoms with van der Waals surface area (Å²) in [6.07, 6.45) is 0.